The van der Waals surface area contributed by atoms with Gasteiger partial charge in [0.2, 0.25) is 6.41 Å². The molecule has 0 aliphatic carbocycles. The summed E-state index contributed by atoms with van der Waals surface area (Å²) in [6.45, 7) is 0.816. The monoisotopic (exact) mass is 243 g/mol. The van der Waals surface area contributed by atoms with Gasteiger partial charge in [0.15, 0.2) is 0 Å². The zero-order valence-electron chi connectivity index (χ0n) is 9.37. The second kappa shape index (κ2) is 4.34. The minimum atomic E-state index is 0.101. The highest BCUT2D eigenvalue weighted by Crippen LogP contribution is 2.36. The van der Waals surface area contributed by atoms with Gasteiger partial charge < -0.3 is 4.90 Å². The molecule has 2 aromatic rings. The Hall–Kier alpha value is -1.61. The lowest BCUT2D eigenvalue weighted by Crippen LogP contribution is -2.34. The Morgan fingerprint density at radius 1 is 1.24 bits per heavy atom. The first-order valence-corrected chi connectivity index (χ1v) is 6.60. The van der Waals surface area contributed by atoms with Crippen LogP contribution in [-0.2, 0) is 11.2 Å². The fourth-order valence-corrected chi connectivity index (χ4v) is 3.36. The molecule has 1 aromatic carbocycles. The van der Waals surface area contributed by atoms with E-state index in [0.717, 1.165) is 19.4 Å². The number of carbonyl (C=O) groups is 1. The third-order valence-corrected chi connectivity index (χ3v) is 4.25. The molecule has 0 spiro atoms. The van der Waals surface area contributed by atoms with Crippen molar-refractivity contribution < 1.29 is 4.79 Å². The Balaban J connectivity index is 2.09. The maximum absolute atomic E-state index is 11.2. The number of nitrogens with zero attached hydrogens (tertiary/aromatic N) is 1. The van der Waals surface area contributed by atoms with E-state index in [2.05, 4.69) is 23.6 Å². The summed E-state index contributed by atoms with van der Waals surface area (Å²) < 4.78 is 0. The molecule has 2 nitrogen and oxygen atoms in total. The second-order valence-electron chi connectivity index (χ2n) is 4.21. The molecule has 1 aliphatic rings. The van der Waals surface area contributed by atoms with Gasteiger partial charge in [-0.3, -0.25) is 4.79 Å². The van der Waals surface area contributed by atoms with Crippen LogP contribution in [0.25, 0.3) is 0 Å². The zero-order chi connectivity index (χ0) is 11.7. The van der Waals surface area contributed by atoms with Gasteiger partial charge in [0.25, 0.3) is 0 Å². The van der Waals surface area contributed by atoms with Crippen LogP contribution in [0.3, 0.4) is 0 Å². The molecular formula is C14H13NOS. The lowest BCUT2D eigenvalue weighted by atomic mass is 9.94. The van der Waals surface area contributed by atoms with Crippen LogP contribution in [0.4, 0.5) is 0 Å². The number of fused-ring (bicyclic) bond motifs is 1. The van der Waals surface area contributed by atoms with E-state index in [0.29, 0.717) is 0 Å². The molecule has 1 aromatic heterocycles. The smallest absolute Gasteiger partial charge is 0.210 e. The summed E-state index contributed by atoms with van der Waals surface area (Å²) in [5.74, 6) is 0. The van der Waals surface area contributed by atoms with E-state index in [9.17, 15) is 4.79 Å². The molecule has 0 radical (unpaired) electrons. The molecule has 3 rings (SSSR count). The molecule has 1 atom stereocenters. The number of amides is 1. The summed E-state index contributed by atoms with van der Waals surface area (Å²) in [7, 11) is 0. The normalized spacial score (nSPS) is 18.8. The molecule has 0 saturated heterocycles. The van der Waals surface area contributed by atoms with Crippen molar-refractivity contribution in [2.24, 2.45) is 0 Å². The van der Waals surface area contributed by atoms with Crippen molar-refractivity contribution >= 4 is 17.7 Å². The molecule has 3 heteroatoms. The Kier molecular flexibility index (Phi) is 2.69. The van der Waals surface area contributed by atoms with Crippen LogP contribution >= 0.6 is 11.3 Å². The van der Waals surface area contributed by atoms with Crippen LogP contribution < -0.4 is 0 Å². The van der Waals surface area contributed by atoms with Crippen molar-refractivity contribution in [2.75, 3.05) is 6.54 Å². The highest BCUT2D eigenvalue weighted by molar-refractivity contribution is 7.10. The van der Waals surface area contributed by atoms with Crippen LogP contribution in [0.5, 0.6) is 0 Å². The van der Waals surface area contributed by atoms with Crippen LogP contribution in [-0.4, -0.2) is 17.9 Å². The molecule has 2 heterocycles. The van der Waals surface area contributed by atoms with E-state index in [4.69, 9.17) is 0 Å². The second-order valence-corrected chi connectivity index (χ2v) is 5.21. The highest BCUT2D eigenvalue weighted by atomic mass is 32.1. The fourth-order valence-electron chi connectivity index (χ4n) is 2.46. The average Bonchev–Trinajstić information content (AvgIpc) is 2.86. The van der Waals surface area contributed by atoms with E-state index in [1.807, 2.05) is 23.1 Å². The minimum Gasteiger partial charge on any atom is -0.334 e. The summed E-state index contributed by atoms with van der Waals surface area (Å²) in [4.78, 5) is 14.5. The molecule has 17 heavy (non-hydrogen) atoms. The topological polar surface area (TPSA) is 20.3 Å². The first-order chi connectivity index (χ1) is 8.40. The summed E-state index contributed by atoms with van der Waals surface area (Å²) in [6, 6.07) is 12.5. The van der Waals surface area contributed by atoms with Crippen molar-refractivity contribution in [3.8, 4) is 0 Å². The van der Waals surface area contributed by atoms with Gasteiger partial charge in [-0.15, -0.1) is 11.3 Å². The molecule has 86 valence electrons. The SMILES string of the molecule is O=CN1CCc2sccc2C1c1ccccc1. The van der Waals surface area contributed by atoms with Crippen LogP contribution in [0.2, 0.25) is 0 Å². The molecule has 0 N–H and O–H groups in total. The third kappa shape index (κ3) is 1.76. The van der Waals surface area contributed by atoms with Gasteiger partial charge in [0.1, 0.15) is 0 Å². The van der Waals surface area contributed by atoms with Crippen LogP contribution in [0.1, 0.15) is 22.0 Å². The predicted molar refractivity (Wildman–Crippen MR) is 69.1 cm³/mol. The molecule has 0 fully saturated rings. The van der Waals surface area contributed by atoms with Gasteiger partial charge in [-0.05, 0) is 29.0 Å². The van der Waals surface area contributed by atoms with Crippen molar-refractivity contribution in [2.45, 2.75) is 12.5 Å². The number of benzene rings is 1. The van der Waals surface area contributed by atoms with Crippen molar-refractivity contribution in [1.29, 1.82) is 0 Å². The summed E-state index contributed by atoms with van der Waals surface area (Å²) >= 11 is 1.79. The molecule has 0 bridgehead atoms. The lowest BCUT2D eigenvalue weighted by molar-refractivity contribution is -0.119. The van der Waals surface area contributed by atoms with Crippen LogP contribution in [0, 0.1) is 0 Å². The average molecular weight is 243 g/mol. The van der Waals surface area contributed by atoms with Crippen molar-refractivity contribution in [3.05, 3.63) is 57.8 Å². The highest BCUT2D eigenvalue weighted by Gasteiger charge is 2.28. The standard InChI is InChI=1S/C14H13NOS/c16-10-15-8-6-13-12(7-9-17-13)14(15)11-4-2-1-3-5-11/h1-5,7,9-10,14H,6,8H2. The quantitative estimate of drug-likeness (QED) is 0.743. The van der Waals surface area contributed by atoms with E-state index in [1.54, 1.807) is 11.3 Å². The number of carbonyl (C=O) groups excluding carboxylic acids is 1. The number of thiophene rings is 1. The minimum absolute atomic E-state index is 0.101. The largest absolute Gasteiger partial charge is 0.334 e. The van der Waals surface area contributed by atoms with E-state index < -0.39 is 0 Å². The summed E-state index contributed by atoms with van der Waals surface area (Å²) in [5, 5.41) is 2.12. The molecule has 1 unspecified atom stereocenters. The number of rotatable bonds is 2. The number of hydrogen-bond donors (Lipinski definition) is 0. The van der Waals surface area contributed by atoms with Crippen LogP contribution in [0.15, 0.2) is 41.8 Å². The molecule has 1 amide bonds. The molecular weight excluding hydrogens is 230 g/mol. The van der Waals surface area contributed by atoms with E-state index in [1.165, 1.54) is 16.0 Å². The van der Waals surface area contributed by atoms with Gasteiger partial charge in [0, 0.05) is 11.4 Å². The Morgan fingerprint density at radius 3 is 2.82 bits per heavy atom. The van der Waals surface area contributed by atoms with Crippen molar-refractivity contribution in [3.63, 3.8) is 0 Å². The summed E-state index contributed by atoms with van der Waals surface area (Å²) in [5.41, 5.74) is 2.48. The summed E-state index contributed by atoms with van der Waals surface area (Å²) in [6.07, 6.45) is 1.95. The van der Waals surface area contributed by atoms with E-state index in [-0.39, 0.29) is 6.04 Å². The Bertz CT molecular complexity index is 520. The maximum atomic E-state index is 11.2. The van der Waals surface area contributed by atoms with Gasteiger partial charge in [-0.1, -0.05) is 30.3 Å². The van der Waals surface area contributed by atoms with Gasteiger partial charge in [0.05, 0.1) is 6.04 Å². The lowest BCUT2D eigenvalue weighted by Gasteiger charge is -2.33. The molecule has 0 saturated carbocycles. The zero-order valence-corrected chi connectivity index (χ0v) is 10.2. The maximum Gasteiger partial charge on any atom is 0.210 e. The third-order valence-electron chi connectivity index (χ3n) is 3.25. The van der Waals surface area contributed by atoms with Crippen molar-refractivity contribution in [1.82, 2.24) is 4.90 Å². The Morgan fingerprint density at radius 2 is 2.06 bits per heavy atom. The van der Waals surface area contributed by atoms with Gasteiger partial charge >= 0.3 is 0 Å². The Labute approximate surface area is 105 Å². The van der Waals surface area contributed by atoms with Gasteiger partial charge in [-0.25, -0.2) is 0 Å². The first-order valence-electron chi connectivity index (χ1n) is 5.72. The predicted octanol–water partition coefficient (Wildman–Crippen LogP) is 2.85. The fraction of sp³-hybridized carbons (Fsp3) is 0.214. The first kappa shape index (κ1) is 10.5. The van der Waals surface area contributed by atoms with Gasteiger partial charge in [-0.2, -0.15) is 0 Å². The molecule has 1 aliphatic heterocycles. The van der Waals surface area contributed by atoms with E-state index >= 15 is 0 Å². The number of hydrogen-bond acceptors (Lipinski definition) is 2.